The first-order valence-electron chi connectivity index (χ1n) is 7.76. The van der Waals surface area contributed by atoms with Crippen LogP contribution in [0.4, 0.5) is 11.5 Å². The van der Waals surface area contributed by atoms with Gasteiger partial charge in [-0.25, -0.2) is 9.97 Å². The first-order chi connectivity index (χ1) is 12.6. The third kappa shape index (κ3) is 4.56. The molecule has 0 aliphatic heterocycles. The van der Waals surface area contributed by atoms with Crippen LogP contribution in [0.15, 0.2) is 60.9 Å². The fourth-order valence-electron chi connectivity index (χ4n) is 2.16. The molecule has 7 heteroatoms. The van der Waals surface area contributed by atoms with Crippen molar-refractivity contribution in [1.82, 2.24) is 15.3 Å². The van der Waals surface area contributed by atoms with Crippen molar-refractivity contribution in [1.29, 1.82) is 5.26 Å². The molecule has 0 bridgehead atoms. The summed E-state index contributed by atoms with van der Waals surface area (Å²) in [4.78, 5) is 20.4. The molecule has 1 heterocycles. The van der Waals surface area contributed by atoms with Gasteiger partial charge in [-0.1, -0.05) is 23.7 Å². The number of nitrogens with one attached hydrogen (secondary N) is 2. The molecule has 2 aromatic carbocycles. The number of rotatable bonds is 5. The van der Waals surface area contributed by atoms with Crippen molar-refractivity contribution in [2.45, 2.75) is 6.54 Å². The molecule has 0 fully saturated rings. The van der Waals surface area contributed by atoms with Gasteiger partial charge in [-0.2, -0.15) is 5.26 Å². The summed E-state index contributed by atoms with van der Waals surface area (Å²) in [7, 11) is 0. The number of hydrogen-bond donors (Lipinski definition) is 2. The second-order valence-corrected chi connectivity index (χ2v) is 5.85. The molecule has 26 heavy (non-hydrogen) atoms. The smallest absolute Gasteiger partial charge is 0.271 e. The van der Waals surface area contributed by atoms with Crippen LogP contribution in [0.3, 0.4) is 0 Å². The predicted octanol–water partition coefficient (Wildman–Crippen LogP) is 3.68. The predicted molar refractivity (Wildman–Crippen MR) is 99.1 cm³/mol. The Morgan fingerprint density at radius 1 is 1.04 bits per heavy atom. The zero-order chi connectivity index (χ0) is 18.4. The third-order valence-corrected chi connectivity index (χ3v) is 3.79. The third-order valence-electron chi connectivity index (χ3n) is 3.54. The Morgan fingerprint density at radius 3 is 2.38 bits per heavy atom. The summed E-state index contributed by atoms with van der Waals surface area (Å²) in [5.74, 6) is 0.196. The minimum Gasteiger partial charge on any atom is -0.347 e. The molecule has 0 saturated heterocycles. The highest BCUT2D eigenvalue weighted by Gasteiger charge is 2.08. The molecule has 0 atom stereocenters. The zero-order valence-electron chi connectivity index (χ0n) is 13.6. The molecular weight excluding hydrogens is 350 g/mol. The average molecular weight is 364 g/mol. The lowest BCUT2D eigenvalue weighted by Gasteiger charge is -2.07. The lowest BCUT2D eigenvalue weighted by molar-refractivity contribution is 0.0945. The van der Waals surface area contributed by atoms with Gasteiger partial charge in [0.05, 0.1) is 24.0 Å². The van der Waals surface area contributed by atoms with E-state index in [1.807, 2.05) is 12.1 Å². The van der Waals surface area contributed by atoms with Crippen molar-refractivity contribution in [2.75, 3.05) is 5.32 Å². The van der Waals surface area contributed by atoms with E-state index in [0.717, 1.165) is 11.3 Å². The fraction of sp³-hybridized carbons (Fsp3) is 0.0526. The van der Waals surface area contributed by atoms with Crippen molar-refractivity contribution < 1.29 is 4.79 Å². The van der Waals surface area contributed by atoms with Gasteiger partial charge in [-0.05, 0) is 42.0 Å². The number of carbonyl (C=O) groups is 1. The topological polar surface area (TPSA) is 90.7 Å². The molecule has 2 N–H and O–H groups in total. The molecule has 3 aromatic rings. The van der Waals surface area contributed by atoms with Gasteiger partial charge in [0.1, 0.15) is 11.5 Å². The number of anilines is 2. The summed E-state index contributed by atoms with van der Waals surface area (Å²) in [6.45, 7) is 0.378. The highest BCUT2D eigenvalue weighted by Crippen LogP contribution is 2.14. The van der Waals surface area contributed by atoms with Gasteiger partial charge in [-0.3, -0.25) is 4.79 Å². The van der Waals surface area contributed by atoms with Gasteiger partial charge < -0.3 is 10.6 Å². The molecule has 0 unspecified atom stereocenters. The summed E-state index contributed by atoms with van der Waals surface area (Å²) in [5.41, 5.74) is 2.52. The van der Waals surface area contributed by atoms with Gasteiger partial charge in [-0.15, -0.1) is 0 Å². The first kappa shape index (κ1) is 17.4. The second-order valence-electron chi connectivity index (χ2n) is 5.41. The van der Waals surface area contributed by atoms with Crippen molar-refractivity contribution >= 4 is 29.0 Å². The van der Waals surface area contributed by atoms with E-state index in [4.69, 9.17) is 16.9 Å². The number of aromatic nitrogens is 2. The Morgan fingerprint density at radius 2 is 1.77 bits per heavy atom. The van der Waals surface area contributed by atoms with Crippen LogP contribution >= 0.6 is 11.6 Å². The molecule has 0 aliphatic carbocycles. The van der Waals surface area contributed by atoms with Gasteiger partial charge in [0.2, 0.25) is 0 Å². The van der Waals surface area contributed by atoms with E-state index in [1.165, 1.54) is 12.4 Å². The molecule has 0 spiro atoms. The second kappa shape index (κ2) is 8.10. The lowest BCUT2D eigenvalue weighted by atomic mass is 10.2. The van der Waals surface area contributed by atoms with Crippen LogP contribution in [-0.2, 0) is 6.54 Å². The molecule has 3 rings (SSSR count). The lowest BCUT2D eigenvalue weighted by Crippen LogP contribution is -2.24. The van der Waals surface area contributed by atoms with E-state index in [0.29, 0.717) is 22.9 Å². The zero-order valence-corrected chi connectivity index (χ0v) is 14.4. The number of amides is 1. The van der Waals surface area contributed by atoms with Crippen LogP contribution in [0.1, 0.15) is 21.6 Å². The van der Waals surface area contributed by atoms with Crippen molar-refractivity contribution in [3.8, 4) is 6.07 Å². The monoisotopic (exact) mass is 363 g/mol. The Kier molecular flexibility index (Phi) is 5.42. The first-order valence-corrected chi connectivity index (χ1v) is 8.14. The number of nitriles is 1. The maximum absolute atomic E-state index is 12.1. The van der Waals surface area contributed by atoms with Crippen LogP contribution in [0, 0.1) is 11.3 Å². The molecule has 6 nitrogen and oxygen atoms in total. The van der Waals surface area contributed by atoms with Crippen LogP contribution in [0.5, 0.6) is 0 Å². The van der Waals surface area contributed by atoms with E-state index in [1.54, 1.807) is 36.4 Å². The van der Waals surface area contributed by atoms with Crippen molar-refractivity contribution in [3.63, 3.8) is 0 Å². The summed E-state index contributed by atoms with van der Waals surface area (Å²) >= 11 is 5.83. The number of halogens is 1. The minimum atomic E-state index is -0.308. The summed E-state index contributed by atoms with van der Waals surface area (Å²) in [5, 5.41) is 15.3. The Labute approximate surface area is 155 Å². The summed E-state index contributed by atoms with van der Waals surface area (Å²) in [6, 6.07) is 16.2. The van der Waals surface area contributed by atoms with Crippen LogP contribution in [-0.4, -0.2) is 15.9 Å². The van der Waals surface area contributed by atoms with Gasteiger partial charge in [0, 0.05) is 17.3 Å². The number of hydrogen-bond acceptors (Lipinski definition) is 5. The molecule has 0 saturated carbocycles. The van der Waals surface area contributed by atoms with Crippen molar-refractivity contribution in [3.05, 3.63) is 82.8 Å². The fourth-order valence-corrected chi connectivity index (χ4v) is 2.29. The molecule has 128 valence electrons. The summed E-state index contributed by atoms with van der Waals surface area (Å²) < 4.78 is 0. The van der Waals surface area contributed by atoms with Crippen LogP contribution < -0.4 is 10.6 Å². The highest BCUT2D eigenvalue weighted by atomic mass is 35.5. The molecule has 1 aromatic heterocycles. The minimum absolute atomic E-state index is 0.226. The van der Waals surface area contributed by atoms with Crippen molar-refractivity contribution in [2.24, 2.45) is 0 Å². The Balaban J connectivity index is 1.58. The van der Waals surface area contributed by atoms with Crippen LogP contribution in [0.25, 0.3) is 0 Å². The highest BCUT2D eigenvalue weighted by molar-refractivity contribution is 6.30. The molecule has 0 radical (unpaired) electrons. The van der Waals surface area contributed by atoms with E-state index < -0.39 is 0 Å². The van der Waals surface area contributed by atoms with E-state index >= 15 is 0 Å². The molecule has 0 aliphatic rings. The largest absolute Gasteiger partial charge is 0.347 e. The van der Waals surface area contributed by atoms with Gasteiger partial charge in [0.25, 0.3) is 5.91 Å². The standard InChI is InChI=1S/C19H14ClN5O/c20-15-5-1-14(2-6-15)10-24-19(26)17-11-23-18(12-22-17)25-16-7-3-13(9-21)4-8-16/h1-8,11-12H,10H2,(H,23,25)(H,24,26). The number of nitrogens with zero attached hydrogens (tertiary/aromatic N) is 3. The maximum atomic E-state index is 12.1. The van der Waals surface area contributed by atoms with Gasteiger partial charge >= 0.3 is 0 Å². The number of carbonyl (C=O) groups excluding carboxylic acids is 1. The SMILES string of the molecule is N#Cc1ccc(Nc2cnc(C(=O)NCc3ccc(Cl)cc3)cn2)cc1. The van der Waals surface area contributed by atoms with Gasteiger partial charge in [0.15, 0.2) is 0 Å². The molecule has 1 amide bonds. The van der Waals surface area contributed by atoms with E-state index in [2.05, 4.69) is 26.7 Å². The average Bonchev–Trinajstić information content (AvgIpc) is 2.68. The van der Waals surface area contributed by atoms with E-state index in [-0.39, 0.29) is 11.6 Å². The van der Waals surface area contributed by atoms with E-state index in [9.17, 15) is 4.79 Å². The number of benzene rings is 2. The quantitative estimate of drug-likeness (QED) is 0.721. The normalized spacial score (nSPS) is 10.0. The Bertz CT molecular complexity index is 932. The summed E-state index contributed by atoms with van der Waals surface area (Å²) in [6.07, 6.45) is 2.89. The van der Waals surface area contributed by atoms with Crippen LogP contribution in [0.2, 0.25) is 5.02 Å². The molecular formula is C19H14ClN5O. The maximum Gasteiger partial charge on any atom is 0.271 e. The Hall–Kier alpha value is -3.43.